The van der Waals surface area contributed by atoms with Gasteiger partial charge in [0, 0.05) is 10.9 Å². The number of hydrogen-bond donors (Lipinski definition) is 1. The largest absolute Gasteiger partial charge is 0.324 e. The molecule has 0 bridgehead atoms. The minimum Gasteiger partial charge on any atom is -0.324 e. The Kier molecular flexibility index (Phi) is 2.42. The highest BCUT2D eigenvalue weighted by Crippen LogP contribution is 2.37. The summed E-state index contributed by atoms with van der Waals surface area (Å²) in [4.78, 5) is 1.33. The molecule has 68 valence electrons. The Morgan fingerprint density at radius 2 is 2.38 bits per heavy atom. The zero-order chi connectivity index (χ0) is 9.26. The van der Waals surface area contributed by atoms with E-state index in [1.807, 2.05) is 17.8 Å². The zero-order valence-electron chi connectivity index (χ0n) is 7.49. The molecule has 1 aromatic rings. The maximum atomic E-state index is 6.02. The van der Waals surface area contributed by atoms with Crippen LogP contribution in [-0.4, -0.2) is 5.75 Å². The molecule has 0 aromatic heterocycles. The fourth-order valence-electron chi connectivity index (χ4n) is 1.64. The van der Waals surface area contributed by atoms with Crippen molar-refractivity contribution in [2.45, 2.75) is 17.4 Å². The van der Waals surface area contributed by atoms with Crippen LogP contribution in [0, 0.1) is 0 Å². The van der Waals surface area contributed by atoms with Crippen LogP contribution in [0.2, 0.25) is 0 Å². The summed E-state index contributed by atoms with van der Waals surface area (Å²) in [5.74, 6) is 1.12. The third-order valence-corrected chi connectivity index (χ3v) is 3.57. The van der Waals surface area contributed by atoms with E-state index < -0.39 is 0 Å². The van der Waals surface area contributed by atoms with E-state index in [1.54, 1.807) is 0 Å². The van der Waals surface area contributed by atoms with Gasteiger partial charge in [0.2, 0.25) is 0 Å². The van der Waals surface area contributed by atoms with Crippen molar-refractivity contribution in [2.24, 2.45) is 5.73 Å². The van der Waals surface area contributed by atoms with Gasteiger partial charge < -0.3 is 5.73 Å². The Hall–Kier alpha value is -0.730. The summed E-state index contributed by atoms with van der Waals surface area (Å²) in [7, 11) is 0. The number of rotatable bonds is 1. The summed E-state index contributed by atoms with van der Waals surface area (Å²) in [6.45, 7) is 3.81. The molecule has 0 aliphatic carbocycles. The first-order valence-electron chi connectivity index (χ1n) is 4.46. The topological polar surface area (TPSA) is 26.0 Å². The van der Waals surface area contributed by atoms with Gasteiger partial charge in [-0.1, -0.05) is 30.9 Å². The van der Waals surface area contributed by atoms with E-state index in [2.05, 4.69) is 24.8 Å². The van der Waals surface area contributed by atoms with Crippen molar-refractivity contribution in [3.8, 4) is 0 Å². The molecule has 2 rings (SSSR count). The Morgan fingerprint density at radius 1 is 1.54 bits per heavy atom. The van der Waals surface area contributed by atoms with Crippen molar-refractivity contribution in [3.05, 3.63) is 35.9 Å². The molecule has 1 aliphatic heterocycles. The molecule has 0 unspecified atom stereocenters. The molecule has 1 nitrogen and oxygen atoms in total. The van der Waals surface area contributed by atoms with Crippen molar-refractivity contribution >= 4 is 17.8 Å². The first-order valence-corrected chi connectivity index (χ1v) is 5.45. The van der Waals surface area contributed by atoms with Crippen LogP contribution in [0.3, 0.4) is 0 Å². The van der Waals surface area contributed by atoms with Crippen LogP contribution in [0.5, 0.6) is 0 Å². The second-order valence-corrected chi connectivity index (χ2v) is 4.32. The van der Waals surface area contributed by atoms with E-state index in [-0.39, 0.29) is 6.04 Å². The molecule has 2 N–H and O–H groups in total. The van der Waals surface area contributed by atoms with Gasteiger partial charge in [-0.2, -0.15) is 0 Å². The lowest BCUT2D eigenvalue weighted by Crippen LogP contribution is -2.16. The maximum absolute atomic E-state index is 6.02. The number of fused-ring (bicyclic) bond motifs is 1. The molecule has 0 fully saturated rings. The van der Waals surface area contributed by atoms with Crippen LogP contribution in [0.15, 0.2) is 29.7 Å². The Labute approximate surface area is 83.0 Å². The normalized spacial score (nSPS) is 20.8. The summed E-state index contributed by atoms with van der Waals surface area (Å²) in [5, 5.41) is 0. The van der Waals surface area contributed by atoms with Crippen LogP contribution in [-0.2, 0) is 0 Å². The average molecular weight is 191 g/mol. The molecule has 2 heteroatoms. The number of hydrogen-bond acceptors (Lipinski definition) is 2. The summed E-state index contributed by atoms with van der Waals surface area (Å²) in [6.07, 6.45) is 2.99. The number of benzene rings is 1. The minimum atomic E-state index is 0.219. The molecule has 13 heavy (non-hydrogen) atoms. The average Bonchev–Trinajstić information content (AvgIpc) is 2.18. The van der Waals surface area contributed by atoms with Gasteiger partial charge in [0.05, 0.1) is 0 Å². The van der Waals surface area contributed by atoms with Crippen LogP contribution >= 0.6 is 11.8 Å². The van der Waals surface area contributed by atoms with Crippen molar-refractivity contribution in [2.75, 3.05) is 5.75 Å². The fourth-order valence-corrected chi connectivity index (χ4v) is 2.92. The standard InChI is InChI=1S/C11H13NS/c1-2-8-4-3-5-9-10(12)6-7-13-11(8)9/h2-5,10H,1,6-7,12H2/t10-/m1/s1. The van der Waals surface area contributed by atoms with Gasteiger partial charge in [0.15, 0.2) is 0 Å². The van der Waals surface area contributed by atoms with Gasteiger partial charge in [0.1, 0.15) is 0 Å². The SMILES string of the molecule is C=Cc1cccc2c1SCC[C@H]2N. The summed E-state index contributed by atoms with van der Waals surface area (Å²) in [6, 6.07) is 6.49. The number of nitrogens with two attached hydrogens (primary N) is 1. The van der Waals surface area contributed by atoms with Crippen LogP contribution in [0.1, 0.15) is 23.6 Å². The van der Waals surface area contributed by atoms with E-state index in [1.165, 1.54) is 16.0 Å². The summed E-state index contributed by atoms with van der Waals surface area (Å²) < 4.78 is 0. The first-order chi connectivity index (χ1) is 6.33. The molecule has 0 spiro atoms. The van der Waals surface area contributed by atoms with E-state index >= 15 is 0 Å². The van der Waals surface area contributed by atoms with Gasteiger partial charge >= 0.3 is 0 Å². The molecular weight excluding hydrogens is 178 g/mol. The zero-order valence-corrected chi connectivity index (χ0v) is 8.31. The fraction of sp³-hybridized carbons (Fsp3) is 0.273. The van der Waals surface area contributed by atoms with E-state index in [0.29, 0.717) is 0 Å². The van der Waals surface area contributed by atoms with Gasteiger partial charge in [-0.05, 0) is 23.3 Å². The second kappa shape index (κ2) is 3.56. The third-order valence-electron chi connectivity index (χ3n) is 2.37. The lowest BCUT2D eigenvalue weighted by molar-refractivity contribution is 0.680. The molecule has 0 saturated carbocycles. The summed E-state index contributed by atoms with van der Waals surface area (Å²) >= 11 is 1.89. The Bertz CT molecular complexity index is 333. The Morgan fingerprint density at radius 3 is 3.15 bits per heavy atom. The highest BCUT2D eigenvalue weighted by Gasteiger charge is 2.18. The molecule has 0 amide bonds. The van der Waals surface area contributed by atoms with Gasteiger partial charge in [-0.3, -0.25) is 0 Å². The van der Waals surface area contributed by atoms with Crippen molar-refractivity contribution in [3.63, 3.8) is 0 Å². The second-order valence-electron chi connectivity index (χ2n) is 3.21. The highest BCUT2D eigenvalue weighted by atomic mass is 32.2. The predicted octanol–water partition coefficient (Wildman–Crippen LogP) is 2.83. The van der Waals surface area contributed by atoms with Crippen LogP contribution in [0.4, 0.5) is 0 Å². The lowest BCUT2D eigenvalue weighted by atomic mass is 10.0. The van der Waals surface area contributed by atoms with Crippen molar-refractivity contribution in [1.82, 2.24) is 0 Å². The quantitative estimate of drug-likeness (QED) is 0.738. The minimum absolute atomic E-state index is 0.219. The predicted molar refractivity (Wildman–Crippen MR) is 58.8 cm³/mol. The monoisotopic (exact) mass is 191 g/mol. The lowest BCUT2D eigenvalue weighted by Gasteiger charge is -2.22. The molecule has 0 saturated heterocycles. The van der Waals surface area contributed by atoms with Gasteiger partial charge in [0.25, 0.3) is 0 Å². The van der Waals surface area contributed by atoms with Crippen molar-refractivity contribution < 1.29 is 0 Å². The first kappa shape index (κ1) is 8.85. The van der Waals surface area contributed by atoms with Gasteiger partial charge in [-0.25, -0.2) is 0 Å². The van der Waals surface area contributed by atoms with E-state index in [0.717, 1.165) is 12.2 Å². The van der Waals surface area contributed by atoms with Crippen LogP contribution < -0.4 is 5.73 Å². The van der Waals surface area contributed by atoms with E-state index in [9.17, 15) is 0 Å². The van der Waals surface area contributed by atoms with E-state index in [4.69, 9.17) is 5.73 Å². The van der Waals surface area contributed by atoms with Crippen LogP contribution in [0.25, 0.3) is 6.08 Å². The Balaban J connectivity index is 2.54. The highest BCUT2D eigenvalue weighted by molar-refractivity contribution is 7.99. The summed E-state index contributed by atoms with van der Waals surface area (Å²) in [5.41, 5.74) is 8.53. The molecule has 1 aromatic carbocycles. The molecular formula is C11H13NS. The molecule has 1 aliphatic rings. The van der Waals surface area contributed by atoms with Crippen molar-refractivity contribution in [1.29, 1.82) is 0 Å². The number of thioether (sulfide) groups is 1. The van der Waals surface area contributed by atoms with Gasteiger partial charge in [-0.15, -0.1) is 11.8 Å². The third kappa shape index (κ3) is 1.52. The smallest absolute Gasteiger partial charge is 0.0314 e. The molecule has 1 atom stereocenters. The maximum Gasteiger partial charge on any atom is 0.0314 e. The molecule has 1 heterocycles. The molecule has 0 radical (unpaired) electrons.